The van der Waals surface area contributed by atoms with Crippen LogP contribution in [-0.2, 0) is 52.6 Å². The molecule has 89 heavy (non-hydrogen) atoms. The summed E-state index contributed by atoms with van der Waals surface area (Å²) in [5.41, 5.74) is 0. The highest BCUT2D eigenvalue weighted by Crippen LogP contribution is 2.27. The number of aliphatic hydroxyl groups excluding tert-OH is 2. The zero-order chi connectivity index (χ0) is 66.1. The fourth-order valence-corrected chi connectivity index (χ4v) is 10.6. The van der Waals surface area contributed by atoms with Gasteiger partial charge in [-0.05, 0) is 108 Å². The maximum absolute atomic E-state index is 13.1. The van der Waals surface area contributed by atoms with E-state index in [2.05, 4.69) is 38.2 Å². The lowest BCUT2D eigenvalue weighted by molar-refractivity contribution is -0.167. The quantitative estimate of drug-likeness (QED) is 0.0108. The van der Waals surface area contributed by atoms with Gasteiger partial charge in [-0.2, -0.15) is 0 Å². The van der Waals surface area contributed by atoms with E-state index in [9.17, 15) is 63.9 Å². The van der Waals surface area contributed by atoms with Crippen molar-refractivity contribution in [1.82, 2.24) is 0 Å². The second kappa shape index (κ2) is 57.5. The van der Waals surface area contributed by atoms with E-state index in [4.69, 9.17) is 19.3 Å². The molecule has 8 unspecified atom stereocenters. The van der Waals surface area contributed by atoms with Crippen LogP contribution in [0.4, 0.5) is 0 Å². The summed E-state index contributed by atoms with van der Waals surface area (Å²) in [5, 5.41) is 56.4. The molecule has 6 N–H and O–H groups in total. The highest BCUT2D eigenvalue weighted by molar-refractivity contribution is 5.81. The molecule has 0 rings (SSSR count). The summed E-state index contributed by atoms with van der Waals surface area (Å²) in [6.07, 6.45) is 48.8. The molecule has 17 heteroatoms. The van der Waals surface area contributed by atoms with Crippen LogP contribution in [0.3, 0.4) is 0 Å². The number of carboxylic acid groups (broad SMARTS) is 4. The van der Waals surface area contributed by atoms with Gasteiger partial charge in [-0.25, -0.2) is 0 Å². The van der Waals surface area contributed by atoms with Crippen molar-refractivity contribution in [3.63, 3.8) is 0 Å². The average Bonchev–Trinajstić information content (AvgIpc) is 3.72. The zero-order valence-corrected chi connectivity index (χ0v) is 55.0. The summed E-state index contributed by atoms with van der Waals surface area (Å²) < 4.78 is 16.8. The van der Waals surface area contributed by atoms with E-state index in [1.54, 1.807) is 12.2 Å². The highest BCUT2D eigenvalue weighted by Gasteiger charge is 2.29. The lowest BCUT2D eigenvalue weighted by Crippen LogP contribution is -2.30. The minimum absolute atomic E-state index is 0.104. The van der Waals surface area contributed by atoms with Crippen LogP contribution in [0.1, 0.15) is 265 Å². The highest BCUT2D eigenvalue weighted by atomic mass is 16.6. The smallest absolute Gasteiger partial charge is 0.307 e. The number of Topliss-reactive ketones (excluding diaryl/α,β-unsaturated/α-hetero) is 1. The molecular weight excluding hydrogens is 1140 g/mol. The number of carbonyl (C=O) groups excluding carboxylic acids is 4. The SMILES string of the molecule is CCCCCCCCC(/C=C/CCCCCCC(=O)OC(COC(=O)CCCCCCC/C=C\C=C\C(CCCCC)C(CC(=O)O)C(=O)O)COC(=O)CCCCCCC/C=C\C/C=C\C=C\C(CC)C(CC(=O)O)C(=O)O)C(C)C(=O)CCC(O)CO. The predicted octanol–water partition coefficient (Wildman–Crippen LogP) is 15.8. The van der Waals surface area contributed by atoms with Gasteiger partial charge in [0.05, 0.1) is 37.4 Å². The number of rotatable bonds is 61. The molecule has 0 aromatic heterocycles. The third-order valence-electron chi connectivity index (χ3n) is 16.2. The first kappa shape index (κ1) is 83.3. The van der Waals surface area contributed by atoms with Gasteiger partial charge < -0.3 is 44.8 Å². The van der Waals surface area contributed by atoms with Gasteiger partial charge in [0, 0.05) is 31.6 Å². The number of aliphatic carboxylic acids is 4. The summed E-state index contributed by atoms with van der Waals surface area (Å²) in [4.78, 5) is 97.6. The number of aliphatic hydroxyl groups is 2. The molecule has 0 aliphatic rings. The molecule has 0 aliphatic carbocycles. The zero-order valence-electron chi connectivity index (χ0n) is 55.0. The number of carboxylic acids is 4. The molecule has 0 aliphatic heterocycles. The van der Waals surface area contributed by atoms with E-state index in [-0.39, 0.29) is 81.4 Å². The molecule has 8 atom stereocenters. The number of carbonyl (C=O) groups is 8. The van der Waals surface area contributed by atoms with Crippen molar-refractivity contribution in [2.75, 3.05) is 19.8 Å². The number of hydrogen-bond donors (Lipinski definition) is 6. The third-order valence-corrected chi connectivity index (χ3v) is 16.2. The molecule has 0 saturated heterocycles. The van der Waals surface area contributed by atoms with Gasteiger partial charge in [0.1, 0.15) is 19.0 Å². The summed E-state index contributed by atoms with van der Waals surface area (Å²) in [7, 11) is 0. The standard InChI is InChI=1S/C72H118O17/c1-5-8-10-11-27-36-43-59(57(4)65(75)51-50-61(74)54-73)44-37-29-25-26-33-41-49-70(82)89-62(55-87-68(80)47-39-31-23-19-15-13-12-14-17-21-28-35-42-58(7-3)63(71(83)84)52-66(76)77)56-88-69(81)48-40-32-24-20-16-18-22-30-38-46-60(45-34-9-6-2)64(72(85)86)53-67(78)79/h12,14,21-22,28,30,35,37-38,42,44,46,57-64,73-74H,5-11,13,15-20,23-27,29,31-34,36,39-41,43,45,47-56H2,1-4H3,(H,76,77)(H,78,79)(H,83,84)(H,85,86)/b14-12-,28-21-,30-22-,42-35+,44-37+,46-38+. The van der Waals surface area contributed by atoms with E-state index in [1.165, 1.54) is 25.7 Å². The minimum atomic E-state index is -1.13. The summed E-state index contributed by atoms with van der Waals surface area (Å²) >= 11 is 0. The van der Waals surface area contributed by atoms with Gasteiger partial charge in [0.15, 0.2) is 6.10 Å². The molecule has 0 heterocycles. The van der Waals surface area contributed by atoms with Crippen LogP contribution in [0.15, 0.2) is 72.9 Å². The largest absolute Gasteiger partial charge is 0.481 e. The van der Waals surface area contributed by atoms with Crippen LogP contribution in [0.5, 0.6) is 0 Å². The van der Waals surface area contributed by atoms with Gasteiger partial charge in [-0.1, -0.05) is 210 Å². The number of ether oxygens (including phenoxy) is 3. The van der Waals surface area contributed by atoms with Crippen molar-refractivity contribution in [3.8, 4) is 0 Å². The molecular formula is C72H118O17. The topological polar surface area (TPSA) is 286 Å². The number of ketones is 1. The second-order valence-electron chi connectivity index (χ2n) is 24.0. The number of esters is 3. The first-order valence-corrected chi connectivity index (χ1v) is 34.1. The fraction of sp³-hybridized carbons (Fsp3) is 0.722. The van der Waals surface area contributed by atoms with Crippen LogP contribution in [0, 0.1) is 35.5 Å². The lowest BCUT2D eigenvalue weighted by atomic mass is 9.84. The Hall–Kier alpha value is -5.68. The maximum Gasteiger partial charge on any atom is 0.307 e. The molecule has 0 amide bonds. The first-order chi connectivity index (χ1) is 42.9. The summed E-state index contributed by atoms with van der Waals surface area (Å²) in [6.45, 7) is 7.25. The van der Waals surface area contributed by atoms with Crippen LogP contribution < -0.4 is 0 Å². The normalized spacial score (nSPS) is 14.8. The van der Waals surface area contributed by atoms with E-state index < -0.39 is 78.7 Å². The van der Waals surface area contributed by atoms with Gasteiger partial charge in [-0.3, -0.25) is 38.4 Å². The molecule has 0 aromatic rings. The van der Waals surface area contributed by atoms with Crippen LogP contribution >= 0.6 is 0 Å². The number of hydrogen-bond acceptors (Lipinski definition) is 13. The molecule has 17 nitrogen and oxygen atoms in total. The Morgan fingerprint density at radius 1 is 0.427 bits per heavy atom. The van der Waals surface area contributed by atoms with Gasteiger partial charge >= 0.3 is 41.8 Å². The Morgan fingerprint density at radius 3 is 1.39 bits per heavy atom. The van der Waals surface area contributed by atoms with Crippen LogP contribution in [0.25, 0.3) is 0 Å². The van der Waals surface area contributed by atoms with E-state index in [0.717, 1.165) is 128 Å². The van der Waals surface area contributed by atoms with Gasteiger partial charge in [-0.15, -0.1) is 0 Å². The van der Waals surface area contributed by atoms with Gasteiger partial charge in [0.2, 0.25) is 0 Å². The van der Waals surface area contributed by atoms with Crippen molar-refractivity contribution < 1.29 is 83.2 Å². The molecule has 0 aromatic carbocycles. The van der Waals surface area contributed by atoms with Crippen molar-refractivity contribution >= 4 is 47.6 Å². The van der Waals surface area contributed by atoms with Crippen LogP contribution in [0.2, 0.25) is 0 Å². The summed E-state index contributed by atoms with van der Waals surface area (Å²) in [6, 6.07) is 0. The van der Waals surface area contributed by atoms with Crippen molar-refractivity contribution in [2.45, 2.75) is 277 Å². The Bertz CT molecular complexity index is 2090. The van der Waals surface area contributed by atoms with Crippen molar-refractivity contribution in [1.29, 1.82) is 0 Å². The Morgan fingerprint density at radius 2 is 0.865 bits per heavy atom. The van der Waals surface area contributed by atoms with E-state index in [0.29, 0.717) is 38.5 Å². The molecule has 508 valence electrons. The minimum Gasteiger partial charge on any atom is -0.481 e. The first-order valence-electron chi connectivity index (χ1n) is 34.1. The van der Waals surface area contributed by atoms with E-state index >= 15 is 0 Å². The average molecular weight is 1260 g/mol. The van der Waals surface area contributed by atoms with Crippen molar-refractivity contribution in [2.24, 2.45) is 35.5 Å². The molecule has 0 radical (unpaired) electrons. The third kappa shape index (κ3) is 48.8. The monoisotopic (exact) mass is 1250 g/mol. The Labute approximate surface area is 534 Å². The van der Waals surface area contributed by atoms with Gasteiger partial charge in [0.25, 0.3) is 0 Å². The molecule has 0 fully saturated rings. The van der Waals surface area contributed by atoms with E-state index in [1.807, 2.05) is 50.3 Å². The van der Waals surface area contributed by atoms with Crippen LogP contribution in [-0.4, -0.2) is 110 Å². The molecule has 0 saturated carbocycles. The second-order valence-corrected chi connectivity index (χ2v) is 24.0. The number of allylic oxidation sites excluding steroid dienone is 12. The Kier molecular flexibility index (Phi) is 53.8. The van der Waals surface area contributed by atoms with Crippen molar-refractivity contribution in [3.05, 3.63) is 72.9 Å². The predicted molar refractivity (Wildman–Crippen MR) is 350 cm³/mol. The molecule has 0 spiro atoms. The molecule has 0 bridgehead atoms. The lowest BCUT2D eigenvalue weighted by Gasteiger charge is -2.21. The Balaban J connectivity index is 5.20. The fourth-order valence-electron chi connectivity index (χ4n) is 10.6. The maximum atomic E-state index is 13.1. The summed E-state index contributed by atoms with van der Waals surface area (Å²) in [5.74, 6) is -8.40. The number of unbranched alkanes of at least 4 members (excludes halogenated alkanes) is 21.